The highest BCUT2D eigenvalue weighted by Crippen LogP contribution is 2.29. The summed E-state index contributed by atoms with van der Waals surface area (Å²) in [5, 5.41) is 12.3. The number of aromatic nitrogens is 3. The SMILES string of the molecule is CC1CN=C(N2CCN(c3nnc(-c4ccccn4)s3)CC2)S1. The first kappa shape index (κ1) is 14.9. The number of amidine groups is 1. The Bertz CT molecular complexity index is 693. The van der Waals surface area contributed by atoms with E-state index in [1.54, 1.807) is 17.5 Å². The number of thioether (sulfide) groups is 1. The van der Waals surface area contributed by atoms with Crippen molar-refractivity contribution in [2.45, 2.75) is 12.2 Å². The zero-order valence-electron chi connectivity index (χ0n) is 12.9. The summed E-state index contributed by atoms with van der Waals surface area (Å²) < 4.78 is 0. The number of piperazine rings is 1. The fraction of sp³-hybridized carbons (Fsp3) is 0.467. The number of nitrogens with zero attached hydrogens (tertiary/aromatic N) is 6. The summed E-state index contributed by atoms with van der Waals surface area (Å²) in [5.41, 5.74) is 0.889. The van der Waals surface area contributed by atoms with Gasteiger partial charge in [-0.1, -0.05) is 36.1 Å². The van der Waals surface area contributed by atoms with E-state index < -0.39 is 0 Å². The maximum atomic E-state index is 4.64. The van der Waals surface area contributed by atoms with Crippen LogP contribution in [0.5, 0.6) is 0 Å². The van der Waals surface area contributed by atoms with Gasteiger partial charge in [-0.2, -0.15) is 0 Å². The minimum atomic E-state index is 0.618. The molecule has 0 saturated carbocycles. The lowest BCUT2D eigenvalue weighted by Gasteiger charge is -2.35. The van der Waals surface area contributed by atoms with Crippen molar-refractivity contribution in [3.63, 3.8) is 0 Å². The molecule has 1 atom stereocenters. The molecule has 0 amide bonds. The molecule has 120 valence electrons. The molecule has 23 heavy (non-hydrogen) atoms. The van der Waals surface area contributed by atoms with Gasteiger partial charge in [-0.3, -0.25) is 9.98 Å². The average molecular weight is 346 g/mol. The van der Waals surface area contributed by atoms with Gasteiger partial charge in [0.15, 0.2) is 10.2 Å². The predicted octanol–water partition coefficient (Wildman–Crippen LogP) is 2.21. The molecule has 2 aliphatic rings. The molecular formula is C15H18N6S2. The maximum Gasteiger partial charge on any atom is 0.208 e. The van der Waals surface area contributed by atoms with Crippen LogP contribution in [0.1, 0.15) is 6.92 Å². The molecule has 1 unspecified atom stereocenters. The van der Waals surface area contributed by atoms with E-state index in [9.17, 15) is 0 Å². The van der Waals surface area contributed by atoms with Crippen molar-refractivity contribution in [2.75, 3.05) is 37.6 Å². The van der Waals surface area contributed by atoms with Crippen molar-refractivity contribution in [1.29, 1.82) is 0 Å². The number of pyridine rings is 1. The van der Waals surface area contributed by atoms with Crippen LogP contribution in [0.25, 0.3) is 10.7 Å². The van der Waals surface area contributed by atoms with Gasteiger partial charge in [-0.25, -0.2) is 0 Å². The first-order valence-electron chi connectivity index (χ1n) is 7.75. The van der Waals surface area contributed by atoms with Crippen molar-refractivity contribution >= 4 is 33.4 Å². The van der Waals surface area contributed by atoms with Crippen LogP contribution in [0.2, 0.25) is 0 Å². The van der Waals surface area contributed by atoms with Gasteiger partial charge in [0.1, 0.15) is 5.69 Å². The van der Waals surface area contributed by atoms with Gasteiger partial charge < -0.3 is 9.80 Å². The van der Waals surface area contributed by atoms with Gasteiger partial charge >= 0.3 is 0 Å². The van der Waals surface area contributed by atoms with Crippen LogP contribution in [0, 0.1) is 0 Å². The summed E-state index contributed by atoms with van der Waals surface area (Å²) in [7, 11) is 0. The molecule has 2 aliphatic heterocycles. The molecule has 0 spiro atoms. The van der Waals surface area contributed by atoms with Crippen molar-refractivity contribution in [2.24, 2.45) is 4.99 Å². The molecule has 2 aromatic rings. The third-order valence-corrected chi connectivity index (χ3v) is 6.07. The molecule has 2 aromatic heterocycles. The highest BCUT2D eigenvalue weighted by molar-refractivity contribution is 8.14. The quantitative estimate of drug-likeness (QED) is 0.831. The van der Waals surface area contributed by atoms with Crippen LogP contribution in [0.3, 0.4) is 0 Å². The number of hydrogen-bond acceptors (Lipinski definition) is 8. The highest BCUT2D eigenvalue weighted by atomic mass is 32.2. The van der Waals surface area contributed by atoms with Crippen molar-refractivity contribution in [3.8, 4) is 10.7 Å². The zero-order valence-corrected chi connectivity index (χ0v) is 14.6. The Balaban J connectivity index is 1.40. The second-order valence-corrected chi connectivity index (χ2v) is 7.99. The van der Waals surface area contributed by atoms with E-state index >= 15 is 0 Å². The maximum absolute atomic E-state index is 4.64. The molecule has 4 heterocycles. The second-order valence-electron chi connectivity index (χ2n) is 5.63. The topological polar surface area (TPSA) is 57.5 Å². The van der Waals surface area contributed by atoms with Crippen molar-refractivity contribution in [3.05, 3.63) is 24.4 Å². The van der Waals surface area contributed by atoms with Crippen LogP contribution >= 0.6 is 23.1 Å². The molecule has 8 heteroatoms. The largest absolute Gasteiger partial charge is 0.348 e. The van der Waals surface area contributed by atoms with E-state index in [1.807, 2.05) is 30.0 Å². The van der Waals surface area contributed by atoms with E-state index in [0.29, 0.717) is 5.25 Å². The molecular weight excluding hydrogens is 328 g/mol. The fourth-order valence-electron chi connectivity index (χ4n) is 2.66. The Labute approximate surface area is 143 Å². The van der Waals surface area contributed by atoms with Gasteiger partial charge in [0, 0.05) is 37.6 Å². The first-order chi connectivity index (χ1) is 11.3. The van der Waals surface area contributed by atoms with Crippen LogP contribution < -0.4 is 4.90 Å². The molecule has 0 bridgehead atoms. The number of hydrogen-bond donors (Lipinski definition) is 0. The Hall–Kier alpha value is -1.67. The van der Waals surface area contributed by atoms with E-state index in [0.717, 1.165) is 48.6 Å². The standard InChI is InChI=1S/C15H18N6S2/c1-11-10-17-14(22-11)20-6-8-21(9-7-20)15-19-18-13(23-15)12-4-2-3-5-16-12/h2-5,11H,6-10H2,1H3. The molecule has 0 aliphatic carbocycles. The van der Waals surface area contributed by atoms with E-state index in [4.69, 9.17) is 0 Å². The zero-order chi connectivity index (χ0) is 15.6. The van der Waals surface area contributed by atoms with Gasteiger partial charge in [-0.05, 0) is 12.1 Å². The smallest absolute Gasteiger partial charge is 0.208 e. The Morgan fingerprint density at radius 3 is 2.61 bits per heavy atom. The number of anilines is 1. The predicted molar refractivity (Wildman–Crippen MR) is 96.3 cm³/mol. The number of aliphatic imine (C=N–C) groups is 1. The molecule has 1 fully saturated rings. The summed E-state index contributed by atoms with van der Waals surface area (Å²) >= 11 is 3.51. The van der Waals surface area contributed by atoms with Gasteiger partial charge in [-0.15, -0.1) is 10.2 Å². The second kappa shape index (κ2) is 6.45. The van der Waals surface area contributed by atoms with Crippen molar-refractivity contribution < 1.29 is 0 Å². The van der Waals surface area contributed by atoms with Gasteiger partial charge in [0.05, 0.1) is 6.54 Å². The van der Waals surface area contributed by atoms with Crippen LogP contribution in [-0.2, 0) is 0 Å². The van der Waals surface area contributed by atoms with E-state index in [1.165, 1.54) is 5.17 Å². The van der Waals surface area contributed by atoms with Crippen LogP contribution in [-0.4, -0.2) is 63.2 Å². The summed E-state index contributed by atoms with van der Waals surface area (Å²) in [6, 6.07) is 5.86. The molecule has 0 aromatic carbocycles. The Morgan fingerprint density at radius 1 is 1.09 bits per heavy atom. The minimum Gasteiger partial charge on any atom is -0.348 e. The summed E-state index contributed by atoms with van der Waals surface area (Å²) in [6.07, 6.45) is 1.79. The first-order valence-corrected chi connectivity index (χ1v) is 9.45. The van der Waals surface area contributed by atoms with E-state index in [-0.39, 0.29) is 0 Å². The third-order valence-electron chi connectivity index (χ3n) is 3.91. The monoisotopic (exact) mass is 346 g/mol. The lowest BCUT2D eigenvalue weighted by Crippen LogP contribution is -2.47. The van der Waals surface area contributed by atoms with Gasteiger partial charge in [0.25, 0.3) is 0 Å². The third kappa shape index (κ3) is 3.18. The minimum absolute atomic E-state index is 0.618. The summed E-state index contributed by atoms with van der Waals surface area (Å²) in [4.78, 5) is 13.7. The molecule has 1 saturated heterocycles. The van der Waals surface area contributed by atoms with Crippen LogP contribution in [0.4, 0.5) is 5.13 Å². The highest BCUT2D eigenvalue weighted by Gasteiger charge is 2.26. The lowest BCUT2D eigenvalue weighted by atomic mass is 10.3. The fourth-order valence-corrected chi connectivity index (χ4v) is 4.52. The molecule has 4 rings (SSSR count). The summed E-state index contributed by atoms with van der Waals surface area (Å²) in [5.74, 6) is 0. The van der Waals surface area contributed by atoms with Gasteiger partial charge in [0.2, 0.25) is 5.13 Å². The average Bonchev–Trinajstić information content (AvgIpc) is 3.25. The van der Waals surface area contributed by atoms with Crippen molar-refractivity contribution in [1.82, 2.24) is 20.1 Å². The summed E-state index contributed by atoms with van der Waals surface area (Å²) in [6.45, 7) is 7.10. The van der Waals surface area contributed by atoms with E-state index in [2.05, 4.69) is 36.9 Å². The van der Waals surface area contributed by atoms with Crippen LogP contribution in [0.15, 0.2) is 29.4 Å². The molecule has 6 nitrogen and oxygen atoms in total. The molecule has 0 N–H and O–H groups in total. The normalized spacial score (nSPS) is 21.6. The lowest BCUT2D eigenvalue weighted by molar-refractivity contribution is 0.392. The Morgan fingerprint density at radius 2 is 1.91 bits per heavy atom. The molecule has 0 radical (unpaired) electrons. The number of rotatable bonds is 2. The Kier molecular flexibility index (Phi) is 4.17.